The van der Waals surface area contributed by atoms with E-state index in [1.54, 1.807) is 12.1 Å². The molecule has 1 atom stereocenters. The van der Waals surface area contributed by atoms with Crippen LogP contribution in [0.3, 0.4) is 0 Å². The fourth-order valence-electron chi connectivity index (χ4n) is 2.43. The number of halogens is 1. The van der Waals surface area contributed by atoms with E-state index in [1.807, 2.05) is 32.2 Å². The van der Waals surface area contributed by atoms with Crippen LogP contribution < -0.4 is 5.32 Å². The number of benzene rings is 2. The quantitative estimate of drug-likeness (QED) is 0.852. The Morgan fingerprint density at radius 3 is 2.47 bits per heavy atom. The lowest BCUT2D eigenvalue weighted by molar-refractivity contribution is 0.547. The summed E-state index contributed by atoms with van der Waals surface area (Å²) < 4.78 is 13.3. The van der Waals surface area contributed by atoms with Crippen molar-refractivity contribution in [2.45, 2.75) is 25.8 Å². The molecular weight excluding hydrogens is 237 g/mol. The highest BCUT2D eigenvalue weighted by molar-refractivity contribution is 5.24. The normalized spacial score (nSPS) is 12.4. The topological polar surface area (TPSA) is 12.0 Å². The van der Waals surface area contributed by atoms with Crippen LogP contribution in [0.4, 0.5) is 4.39 Å². The van der Waals surface area contributed by atoms with Gasteiger partial charge in [-0.25, -0.2) is 4.39 Å². The largest absolute Gasteiger partial charge is 0.313 e. The second kappa shape index (κ2) is 6.48. The zero-order valence-electron chi connectivity index (χ0n) is 11.5. The maximum Gasteiger partial charge on any atom is 0.123 e. The van der Waals surface area contributed by atoms with Gasteiger partial charge in [0.25, 0.3) is 0 Å². The summed E-state index contributed by atoms with van der Waals surface area (Å²) in [6, 6.07) is 15.9. The molecule has 0 aliphatic heterocycles. The van der Waals surface area contributed by atoms with Crippen LogP contribution in [0.2, 0.25) is 0 Å². The lowest BCUT2D eigenvalue weighted by Gasteiger charge is -2.16. The summed E-state index contributed by atoms with van der Waals surface area (Å²) in [5.74, 6) is -0.143. The van der Waals surface area contributed by atoms with Gasteiger partial charge in [-0.05, 0) is 55.6 Å². The van der Waals surface area contributed by atoms with Crippen LogP contribution in [0.15, 0.2) is 48.5 Å². The van der Waals surface area contributed by atoms with Crippen molar-refractivity contribution in [1.82, 2.24) is 5.32 Å². The fourth-order valence-corrected chi connectivity index (χ4v) is 2.43. The van der Waals surface area contributed by atoms with Crippen molar-refractivity contribution in [3.05, 3.63) is 71.0 Å². The maximum absolute atomic E-state index is 13.3. The third-order valence-electron chi connectivity index (χ3n) is 3.37. The molecule has 0 heterocycles. The van der Waals surface area contributed by atoms with Crippen LogP contribution in [-0.2, 0) is 6.42 Å². The second-order valence-corrected chi connectivity index (χ2v) is 4.93. The van der Waals surface area contributed by atoms with Gasteiger partial charge in [0, 0.05) is 6.04 Å². The molecule has 0 radical (unpaired) electrons. The Morgan fingerprint density at radius 2 is 1.84 bits per heavy atom. The summed E-state index contributed by atoms with van der Waals surface area (Å²) in [4.78, 5) is 0. The Kier molecular flexibility index (Phi) is 4.69. The lowest BCUT2D eigenvalue weighted by atomic mass is 9.98. The third-order valence-corrected chi connectivity index (χ3v) is 3.37. The summed E-state index contributed by atoms with van der Waals surface area (Å²) in [6.45, 7) is 1.93. The number of aryl methyl sites for hydroxylation is 2. The first-order chi connectivity index (χ1) is 9.19. The summed E-state index contributed by atoms with van der Waals surface area (Å²) in [6.07, 6.45) is 1.84. The highest BCUT2D eigenvalue weighted by atomic mass is 19.1. The Balaban J connectivity index is 2.04. The van der Waals surface area contributed by atoms with Crippen LogP contribution in [0, 0.1) is 12.7 Å². The molecule has 19 heavy (non-hydrogen) atoms. The zero-order valence-corrected chi connectivity index (χ0v) is 11.5. The molecule has 1 nitrogen and oxygen atoms in total. The van der Waals surface area contributed by atoms with Gasteiger partial charge < -0.3 is 5.32 Å². The minimum Gasteiger partial charge on any atom is -0.313 e. The van der Waals surface area contributed by atoms with Gasteiger partial charge in [0.2, 0.25) is 0 Å². The van der Waals surface area contributed by atoms with E-state index in [2.05, 4.69) is 23.5 Å². The van der Waals surface area contributed by atoms with E-state index in [1.165, 1.54) is 5.56 Å². The highest BCUT2D eigenvalue weighted by Crippen LogP contribution is 2.19. The van der Waals surface area contributed by atoms with Crippen LogP contribution in [0.5, 0.6) is 0 Å². The molecule has 0 fully saturated rings. The van der Waals surface area contributed by atoms with Crippen molar-refractivity contribution in [3.63, 3.8) is 0 Å². The highest BCUT2D eigenvalue weighted by Gasteiger charge is 2.09. The Bertz CT molecular complexity index is 502. The number of hydrogen-bond acceptors (Lipinski definition) is 1. The molecule has 0 saturated carbocycles. The molecular formula is C17H20FN. The van der Waals surface area contributed by atoms with E-state index in [4.69, 9.17) is 0 Å². The molecule has 0 spiro atoms. The van der Waals surface area contributed by atoms with Crippen LogP contribution >= 0.6 is 0 Å². The summed E-state index contributed by atoms with van der Waals surface area (Å²) >= 11 is 0. The molecule has 2 rings (SSSR count). The molecule has 2 heteroatoms. The average Bonchev–Trinajstić information content (AvgIpc) is 2.39. The Labute approximate surface area is 114 Å². The fraction of sp³-hybridized carbons (Fsp3) is 0.294. The van der Waals surface area contributed by atoms with Gasteiger partial charge in [-0.2, -0.15) is 0 Å². The van der Waals surface area contributed by atoms with E-state index in [9.17, 15) is 4.39 Å². The van der Waals surface area contributed by atoms with Gasteiger partial charge >= 0.3 is 0 Å². The lowest BCUT2D eigenvalue weighted by Crippen LogP contribution is -2.17. The predicted molar refractivity (Wildman–Crippen MR) is 77.7 cm³/mol. The van der Waals surface area contributed by atoms with E-state index < -0.39 is 0 Å². The minimum absolute atomic E-state index is 0.143. The Hall–Kier alpha value is -1.67. The third kappa shape index (κ3) is 3.90. The Morgan fingerprint density at radius 1 is 1.11 bits per heavy atom. The first-order valence-electron chi connectivity index (χ1n) is 6.67. The van der Waals surface area contributed by atoms with Gasteiger partial charge in [0.05, 0.1) is 0 Å². The van der Waals surface area contributed by atoms with Crippen molar-refractivity contribution in [2.75, 3.05) is 7.05 Å². The molecule has 0 aromatic heterocycles. The van der Waals surface area contributed by atoms with Crippen molar-refractivity contribution < 1.29 is 4.39 Å². The molecule has 2 aromatic carbocycles. The number of nitrogens with one attached hydrogen (secondary N) is 1. The first kappa shape index (κ1) is 13.8. The molecule has 0 bridgehead atoms. The summed E-state index contributed by atoms with van der Waals surface area (Å²) in [5.41, 5.74) is 3.32. The SMILES string of the molecule is CNC(CCc1cc(C)cc(F)c1)c1ccccc1. The van der Waals surface area contributed by atoms with E-state index in [0.717, 1.165) is 24.0 Å². The standard InChI is InChI=1S/C17H20FN/c1-13-10-14(12-16(18)11-13)8-9-17(19-2)15-6-4-3-5-7-15/h3-7,10-12,17,19H,8-9H2,1-2H3. The van der Waals surface area contributed by atoms with Crippen molar-refractivity contribution in [3.8, 4) is 0 Å². The van der Waals surface area contributed by atoms with E-state index >= 15 is 0 Å². The van der Waals surface area contributed by atoms with Gasteiger partial charge in [0.15, 0.2) is 0 Å². The molecule has 1 N–H and O–H groups in total. The predicted octanol–water partition coefficient (Wildman–Crippen LogP) is 4.03. The average molecular weight is 257 g/mol. The number of hydrogen-bond donors (Lipinski definition) is 1. The van der Waals surface area contributed by atoms with Crippen molar-refractivity contribution in [2.24, 2.45) is 0 Å². The summed E-state index contributed by atoms with van der Waals surface area (Å²) in [7, 11) is 1.97. The molecule has 0 amide bonds. The molecule has 1 unspecified atom stereocenters. The molecule has 2 aromatic rings. The van der Waals surface area contributed by atoms with Gasteiger partial charge in [-0.1, -0.05) is 36.4 Å². The molecule has 100 valence electrons. The molecule has 0 saturated heterocycles. The molecule has 0 aliphatic carbocycles. The molecule has 0 aliphatic rings. The van der Waals surface area contributed by atoms with Crippen LogP contribution in [0.25, 0.3) is 0 Å². The monoisotopic (exact) mass is 257 g/mol. The number of rotatable bonds is 5. The smallest absolute Gasteiger partial charge is 0.123 e. The van der Waals surface area contributed by atoms with Gasteiger partial charge in [0.1, 0.15) is 5.82 Å². The minimum atomic E-state index is -0.143. The van der Waals surface area contributed by atoms with Crippen molar-refractivity contribution >= 4 is 0 Å². The van der Waals surface area contributed by atoms with Gasteiger partial charge in [-0.15, -0.1) is 0 Å². The zero-order chi connectivity index (χ0) is 13.7. The van der Waals surface area contributed by atoms with Crippen molar-refractivity contribution in [1.29, 1.82) is 0 Å². The second-order valence-electron chi connectivity index (χ2n) is 4.93. The van der Waals surface area contributed by atoms with E-state index in [0.29, 0.717) is 6.04 Å². The summed E-state index contributed by atoms with van der Waals surface area (Å²) in [5, 5.41) is 3.32. The maximum atomic E-state index is 13.3. The first-order valence-corrected chi connectivity index (χ1v) is 6.67. The van der Waals surface area contributed by atoms with Crippen LogP contribution in [0.1, 0.15) is 29.2 Å². The van der Waals surface area contributed by atoms with Crippen LogP contribution in [-0.4, -0.2) is 7.05 Å². The van der Waals surface area contributed by atoms with Gasteiger partial charge in [-0.3, -0.25) is 0 Å². The van der Waals surface area contributed by atoms with E-state index in [-0.39, 0.29) is 5.82 Å².